The first-order chi connectivity index (χ1) is 11.8. The van der Waals surface area contributed by atoms with Gasteiger partial charge in [0.05, 0.1) is 26.7 Å². The highest BCUT2D eigenvalue weighted by Gasteiger charge is 2.23. The van der Waals surface area contributed by atoms with Crippen LogP contribution in [0.3, 0.4) is 0 Å². The van der Waals surface area contributed by atoms with Crippen molar-refractivity contribution < 1.29 is 21.5 Å². The smallest absolute Gasteiger partial charge is 0.0784 e. The molecule has 1 rings (SSSR count). The second-order valence-corrected chi connectivity index (χ2v) is 8.80. The minimum atomic E-state index is 0. The Balaban J connectivity index is 0.00000576. The molecule has 0 bridgehead atoms. The maximum Gasteiger partial charge on any atom is 0.0784 e. The van der Waals surface area contributed by atoms with Crippen LogP contribution in [0.2, 0.25) is 0 Å². The van der Waals surface area contributed by atoms with Crippen molar-refractivity contribution in [1.82, 2.24) is 0 Å². The first-order valence-electron chi connectivity index (χ1n) is 11.6. The Morgan fingerprint density at radius 1 is 0.520 bits per heavy atom. The third kappa shape index (κ3) is 15.2. The summed E-state index contributed by atoms with van der Waals surface area (Å²) in [5, 5.41) is 0. The van der Waals surface area contributed by atoms with Gasteiger partial charge >= 0.3 is 0 Å². The Labute approximate surface area is 170 Å². The molecule has 0 radical (unpaired) electrons. The molecule has 1 aliphatic rings. The predicted octanol–water partition coefficient (Wildman–Crippen LogP) is 4.49. The molecule has 1 aliphatic heterocycles. The predicted molar refractivity (Wildman–Crippen MR) is 110 cm³/mol. The molecule has 152 valence electrons. The van der Waals surface area contributed by atoms with Gasteiger partial charge in [0, 0.05) is 0 Å². The summed E-state index contributed by atoms with van der Waals surface area (Å²) in [4.78, 5) is 0. The Morgan fingerprint density at radius 2 is 0.880 bits per heavy atom. The van der Waals surface area contributed by atoms with E-state index < -0.39 is 0 Å². The van der Waals surface area contributed by atoms with Crippen LogP contribution in [-0.2, 0) is 0 Å². The summed E-state index contributed by atoms with van der Waals surface area (Å²) >= 11 is 0. The molecule has 25 heavy (non-hydrogen) atoms. The Bertz CT molecular complexity index is 261. The number of hydrogen-bond acceptors (Lipinski definition) is 0. The van der Waals surface area contributed by atoms with Crippen LogP contribution in [0.15, 0.2) is 0 Å². The molecule has 1 heterocycles. The number of quaternary nitrogens is 1. The van der Waals surface area contributed by atoms with Crippen molar-refractivity contribution >= 4 is 0 Å². The number of nitrogens with zero attached hydrogens (tertiary/aromatic N) is 1. The number of rotatable bonds is 16. The molecule has 0 spiro atoms. The van der Waals surface area contributed by atoms with Crippen LogP contribution >= 0.6 is 0 Å². The van der Waals surface area contributed by atoms with E-state index in [1.54, 1.807) is 0 Å². The molecule has 0 N–H and O–H groups in total. The highest BCUT2D eigenvalue weighted by atomic mass is 79.9. The van der Waals surface area contributed by atoms with Gasteiger partial charge in [-0.2, -0.15) is 0 Å². The maximum absolute atomic E-state index is 2.49. The van der Waals surface area contributed by atoms with Gasteiger partial charge in [0.25, 0.3) is 0 Å². The number of piperidine rings is 1. The van der Waals surface area contributed by atoms with Crippen molar-refractivity contribution in [3.8, 4) is 0 Å². The molecule has 0 saturated carbocycles. The monoisotopic (exact) mass is 417 g/mol. The maximum atomic E-state index is 2.49. The van der Waals surface area contributed by atoms with Crippen molar-refractivity contribution in [3.05, 3.63) is 0 Å². The number of hydrogen-bond donors (Lipinski definition) is 0. The molecule has 0 aromatic heterocycles. The van der Waals surface area contributed by atoms with E-state index in [9.17, 15) is 0 Å². The molecular weight excluding hydrogens is 370 g/mol. The van der Waals surface area contributed by atoms with Crippen LogP contribution in [-0.4, -0.2) is 31.2 Å². The van der Waals surface area contributed by atoms with Gasteiger partial charge in [-0.05, 0) is 32.1 Å². The molecule has 0 aromatic carbocycles. The van der Waals surface area contributed by atoms with Crippen molar-refractivity contribution in [2.24, 2.45) is 0 Å². The molecule has 2 heteroatoms. The molecule has 0 amide bonds. The van der Waals surface area contributed by atoms with E-state index in [0.29, 0.717) is 0 Å². The van der Waals surface area contributed by atoms with Gasteiger partial charge in [0.2, 0.25) is 0 Å². The minimum Gasteiger partial charge on any atom is -1.00 e. The molecule has 1 saturated heterocycles. The van der Waals surface area contributed by atoms with E-state index in [-0.39, 0.29) is 17.0 Å². The third-order valence-corrected chi connectivity index (χ3v) is 6.20. The van der Waals surface area contributed by atoms with E-state index in [4.69, 9.17) is 0 Å². The number of halogens is 1. The lowest BCUT2D eigenvalue weighted by atomic mass is 10.0. The van der Waals surface area contributed by atoms with Gasteiger partial charge in [-0.25, -0.2) is 0 Å². The lowest BCUT2D eigenvalue weighted by Crippen LogP contribution is -3.00. The summed E-state index contributed by atoms with van der Waals surface area (Å²) in [6, 6.07) is 0. The van der Waals surface area contributed by atoms with Crippen LogP contribution in [0.1, 0.15) is 122 Å². The van der Waals surface area contributed by atoms with E-state index in [0.717, 1.165) is 0 Å². The van der Waals surface area contributed by atoms with Crippen LogP contribution in [0.5, 0.6) is 0 Å². The van der Waals surface area contributed by atoms with Crippen LogP contribution in [0, 0.1) is 0 Å². The first-order valence-corrected chi connectivity index (χ1v) is 11.6. The van der Waals surface area contributed by atoms with E-state index in [1.165, 1.54) is 140 Å². The molecule has 0 aliphatic carbocycles. The summed E-state index contributed by atoms with van der Waals surface area (Å²) in [5.74, 6) is 0. The molecular formula is C23H48BrN. The molecule has 1 nitrogen and oxygen atoms in total. The van der Waals surface area contributed by atoms with Gasteiger partial charge < -0.3 is 21.5 Å². The second kappa shape index (κ2) is 17.8. The van der Waals surface area contributed by atoms with Gasteiger partial charge in [-0.3, -0.25) is 0 Å². The fraction of sp³-hybridized carbons (Fsp3) is 1.00. The molecule has 0 aromatic rings. The fourth-order valence-corrected chi connectivity index (χ4v) is 4.36. The van der Waals surface area contributed by atoms with Crippen molar-refractivity contribution in [1.29, 1.82) is 0 Å². The van der Waals surface area contributed by atoms with Crippen LogP contribution in [0.4, 0.5) is 0 Å². The van der Waals surface area contributed by atoms with Gasteiger partial charge in [-0.1, -0.05) is 90.4 Å². The van der Waals surface area contributed by atoms with Crippen LogP contribution < -0.4 is 17.0 Å². The largest absolute Gasteiger partial charge is 1.00 e. The number of likely N-dealkylation sites (tertiary alicyclic amines) is 1. The summed E-state index contributed by atoms with van der Waals surface area (Å²) in [6.45, 7) is 6.63. The van der Waals surface area contributed by atoms with E-state index in [1.807, 2.05) is 0 Å². The Kier molecular flexibility index (Phi) is 18.1. The van der Waals surface area contributed by atoms with Crippen LogP contribution in [0.25, 0.3) is 0 Å². The molecule has 0 atom stereocenters. The standard InChI is InChI=1S/C23H48N.BrH/c1-3-4-5-6-7-8-9-10-11-12-13-14-15-16-18-21-24(2)22-19-17-20-23-24;/h3-23H2,1-2H3;1H/q+1;/p-1. The zero-order valence-corrected chi connectivity index (χ0v) is 19.3. The van der Waals surface area contributed by atoms with Crippen molar-refractivity contribution in [3.63, 3.8) is 0 Å². The van der Waals surface area contributed by atoms with E-state index >= 15 is 0 Å². The Hall–Kier alpha value is 0.440. The van der Waals surface area contributed by atoms with E-state index in [2.05, 4.69) is 14.0 Å². The zero-order valence-electron chi connectivity index (χ0n) is 17.7. The Morgan fingerprint density at radius 3 is 1.28 bits per heavy atom. The molecule has 0 unspecified atom stereocenters. The summed E-state index contributed by atoms with van der Waals surface area (Å²) in [5.41, 5.74) is 0. The fourth-order valence-electron chi connectivity index (χ4n) is 4.36. The lowest BCUT2D eigenvalue weighted by molar-refractivity contribution is -0.914. The van der Waals surface area contributed by atoms with Gasteiger partial charge in [-0.15, -0.1) is 0 Å². The topological polar surface area (TPSA) is 0 Å². The molecule has 1 fully saturated rings. The summed E-state index contributed by atoms with van der Waals surface area (Å²) < 4.78 is 1.37. The third-order valence-electron chi connectivity index (χ3n) is 6.20. The van der Waals surface area contributed by atoms with Crippen molar-refractivity contribution in [2.75, 3.05) is 26.7 Å². The average molecular weight is 419 g/mol. The lowest BCUT2D eigenvalue weighted by Gasteiger charge is -2.37. The normalized spacial score (nSPS) is 16.6. The summed E-state index contributed by atoms with van der Waals surface area (Å²) in [7, 11) is 2.49. The minimum absolute atomic E-state index is 0. The number of unbranched alkanes of at least 4 members (excludes halogenated alkanes) is 14. The van der Waals surface area contributed by atoms with Crippen molar-refractivity contribution in [2.45, 2.75) is 122 Å². The first kappa shape index (κ1) is 25.4. The highest BCUT2D eigenvalue weighted by molar-refractivity contribution is 4.53. The second-order valence-electron chi connectivity index (χ2n) is 8.80. The SMILES string of the molecule is CCCCCCCCCCCCCCCCC[N+]1(C)CCCCC1.[Br-]. The van der Waals surface area contributed by atoms with Gasteiger partial charge in [0.15, 0.2) is 0 Å². The zero-order chi connectivity index (χ0) is 17.3. The summed E-state index contributed by atoms with van der Waals surface area (Å²) in [6.07, 6.45) is 26.5. The highest BCUT2D eigenvalue weighted by Crippen LogP contribution is 2.18. The quantitative estimate of drug-likeness (QED) is 0.256. The average Bonchev–Trinajstić information content (AvgIpc) is 2.59. The van der Waals surface area contributed by atoms with Gasteiger partial charge in [0.1, 0.15) is 0 Å².